The van der Waals surface area contributed by atoms with Gasteiger partial charge in [-0.15, -0.1) is 0 Å². The Bertz CT molecular complexity index is 669. The van der Waals surface area contributed by atoms with Crippen molar-refractivity contribution in [3.05, 3.63) is 0 Å². The molecule has 0 radical (unpaired) electrons. The zero-order valence-corrected chi connectivity index (χ0v) is 18.2. The predicted molar refractivity (Wildman–Crippen MR) is 105 cm³/mol. The fraction of sp³-hybridized carbons (Fsp3) is 0.773. The van der Waals surface area contributed by atoms with Gasteiger partial charge in [0.15, 0.2) is 11.6 Å². The largest absolute Gasteiger partial charge is 0.463 e. The normalized spacial score (nSPS) is 29.7. The Hall–Kier alpha value is -2.09. The number of hydrogen-bond acceptors (Lipinski definition) is 8. The van der Waals surface area contributed by atoms with Crippen LogP contribution in [0, 0.1) is 17.8 Å². The summed E-state index contributed by atoms with van der Waals surface area (Å²) in [6.07, 6.45) is -0.879. The van der Waals surface area contributed by atoms with Crippen LogP contribution in [0.5, 0.6) is 0 Å². The number of rotatable bonds is 9. The Balaban J connectivity index is 1.77. The lowest BCUT2D eigenvalue weighted by Crippen LogP contribution is -2.47. The lowest BCUT2D eigenvalue weighted by Gasteiger charge is -2.43. The van der Waals surface area contributed by atoms with Gasteiger partial charge in [-0.1, -0.05) is 20.8 Å². The zero-order chi connectivity index (χ0) is 22.4. The molecular weight excluding hydrogens is 392 g/mol. The van der Waals surface area contributed by atoms with Crippen LogP contribution in [0.25, 0.3) is 0 Å². The molecule has 1 saturated heterocycles. The Morgan fingerprint density at radius 2 is 1.53 bits per heavy atom. The predicted octanol–water partition coefficient (Wildman–Crippen LogP) is 2.20. The molecule has 0 amide bonds. The molecule has 2 fully saturated rings. The van der Waals surface area contributed by atoms with E-state index in [9.17, 15) is 24.0 Å². The molecule has 30 heavy (non-hydrogen) atoms. The number of Topliss-reactive ketones (excluding diaryl/α,β-unsaturated/α-hetero) is 3. The molecule has 0 N–H and O–H groups in total. The zero-order valence-electron chi connectivity index (χ0n) is 18.2. The molecule has 1 saturated carbocycles. The molecule has 8 nitrogen and oxygen atoms in total. The van der Waals surface area contributed by atoms with Crippen molar-refractivity contribution in [2.45, 2.75) is 84.5 Å². The van der Waals surface area contributed by atoms with E-state index in [4.69, 9.17) is 14.2 Å². The minimum atomic E-state index is -1.26. The van der Waals surface area contributed by atoms with Crippen LogP contribution >= 0.6 is 0 Å². The Morgan fingerprint density at radius 1 is 0.933 bits per heavy atom. The number of esters is 2. The molecule has 0 aromatic heterocycles. The lowest BCUT2D eigenvalue weighted by molar-refractivity contribution is -0.171. The summed E-state index contributed by atoms with van der Waals surface area (Å²) >= 11 is 0. The third kappa shape index (κ3) is 6.45. The number of carbonyl (C=O) groups excluding carboxylic acids is 5. The van der Waals surface area contributed by atoms with Crippen LogP contribution in [0.15, 0.2) is 0 Å². The van der Waals surface area contributed by atoms with E-state index in [0.29, 0.717) is 5.92 Å². The van der Waals surface area contributed by atoms with E-state index in [1.807, 2.05) is 6.92 Å². The number of hydrogen-bond donors (Lipinski definition) is 0. The summed E-state index contributed by atoms with van der Waals surface area (Å²) in [4.78, 5) is 58.4. The molecule has 0 spiro atoms. The van der Waals surface area contributed by atoms with E-state index in [1.165, 1.54) is 6.92 Å². The summed E-state index contributed by atoms with van der Waals surface area (Å²) in [5.41, 5.74) is 0. The minimum Gasteiger partial charge on any atom is -0.463 e. The summed E-state index contributed by atoms with van der Waals surface area (Å²) in [5.74, 6) is -1.09. The van der Waals surface area contributed by atoms with Gasteiger partial charge in [-0.3, -0.25) is 24.0 Å². The molecule has 2 rings (SSSR count). The molecule has 5 atom stereocenters. The second-order valence-corrected chi connectivity index (χ2v) is 8.49. The smallest absolute Gasteiger partial charge is 0.306 e. The van der Waals surface area contributed by atoms with Gasteiger partial charge >= 0.3 is 11.9 Å². The highest BCUT2D eigenvalue weighted by atomic mass is 16.6. The van der Waals surface area contributed by atoms with Crippen molar-refractivity contribution in [3.8, 4) is 0 Å². The molecule has 2 aliphatic rings. The van der Waals surface area contributed by atoms with Crippen molar-refractivity contribution in [1.82, 2.24) is 0 Å². The second-order valence-electron chi connectivity index (χ2n) is 8.49. The van der Waals surface area contributed by atoms with Crippen LogP contribution in [0.1, 0.15) is 66.2 Å². The molecule has 0 aromatic carbocycles. The van der Waals surface area contributed by atoms with Crippen molar-refractivity contribution >= 4 is 29.3 Å². The highest BCUT2D eigenvalue weighted by molar-refractivity contribution is 6.12. The van der Waals surface area contributed by atoms with E-state index in [1.54, 1.807) is 0 Å². The van der Waals surface area contributed by atoms with Crippen molar-refractivity contribution in [2.75, 3.05) is 6.61 Å². The molecule has 168 valence electrons. The van der Waals surface area contributed by atoms with Gasteiger partial charge in [0.1, 0.15) is 12.4 Å². The highest BCUT2D eigenvalue weighted by Gasteiger charge is 2.40. The van der Waals surface area contributed by atoms with Gasteiger partial charge in [0.25, 0.3) is 0 Å². The van der Waals surface area contributed by atoms with Gasteiger partial charge in [-0.05, 0) is 24.2 Å². The first-order valence-corrected chi connectivity index (χ1v) is 10.7. The van der Waals surface area contributed by atoms with E-state index in [0.717, 1.165) is 0 Å². The third-order valence-corrected chi connectivity index (χ3v) is 6.35. The maximum Gasteiger partial charge on any atom is 0.306 e. The SMILES string of the molecule is CC(=O)OCC1OC(CC(=O)CCCC(=O)OC2C(=O)CCC2=O)C(C)C(C)C1C. The van der Waals surface area contributed by atoms with E-state index in [2.05, 4.69) is 13.8 Å². The summed E-state index contributed by atoms with van der Waals surface area (Å²) in [7, 11) is 0. The third-order valence-electron chi connectivity index (χ3n) is 6.35. The average Bonchev–Trinajstić information content (AvgIpc) is 2.99. The van der Waals surface area contributed by atoms with Gasteiger partial charge in [0, 0.05) is 39.0 Å². The van der Waals surface area contributed by atoms with E-state index < -0.39 is 12.1 Å². The monoisotopic (exact) mass is 424 g/mol. The van der Waals surface area contributed by atoms with E-state index >= 15 is 0 Å². The fourth-order valence-electron chi connectivity index (χ4n) is 4.02. The van der Waals surface area contributed by atoms with Gasteiger partial charge in [0.05, 0.1) is 12.2 Å². The highest BCUT2D eigenvalue weighted by Crippen LogP contribution is 2.36. The lowest BCUT2D eigenvalue weighted by atomic mass is 9.75. The first kappa shape index (κ1) is 24.2. The van der Waals surface area contributed by atoms with Gasteiger partial charge < -0.3 is 14.2 Å². The first-order valence-electron chi connectivity index (χ1n) is 10.7. The number of ether oxygens (including phenoxy) is 3. The molecule has 0 aromatic rings. The average molecular weight is 424 g/mol. The van der Waals surface area contributed by atoms with Crippen LogP contribution in [0.3, 0.4) is 0 Å². The number of carbonyl (C=O) groups is 5. The molecule has 1 aliphatic carbocycles. The fourth-order valence-corrected chi connectivity index (χ4v) is 4.02. The maximum absolute atomic E-state index is 12.4. The van der Waals surface area contributed by atoms with Crippen molar-refractivity contribution in [1.29, 1.82) is 0 Å². The first-order chi connectivity index (χ1) is 14.1. The summed E-state index contributed by atoms with van der Waals surface area (Å²) < 4.78 is 16.1. The van der Waals surface area contributed by atoms with Crippen LogP contribution in [-0.2, 0) is 38.2 Å². The molecule has 1 heterocycles. The summed E-state index contributed by atoms with van der Waals surface area (Å²) in [6.45, 7) is 7.73. The molecule has 1 aliphatic heterocycles. The number of ketones is 3. The quantitative estimate of drug-likeness (QED) is 0.409. The Labute approximate surface area is 177 Å². The standard InChI is InChI=1S/C22H32O8/c1-12-13(2)19(29-20(14(12)3)11-28-15(4)23)10-16(24)6-5-7-21(27)30-22-17(25)8-9-18(22)26/h12-14,19-20,22H,5-11H2,1-4H3. The van der Waals surface area contributed by atoms with Crippen LogP contribution in [0.4, 0.5) is 0 Å². The van der Waals surface area contributed by atoms with Crippen molar-refractivity contribution in [2.24, 2.45) is 17.8 Å². The van der Waals surface area contributed by atoms with Crippen molar-refractivity contribution in [3.63, 3.8) is 0 Å². The van der Waals surface area contributed by atoms with Crippen molar-refractivity contribution < 1.29 is 38.2 Å². The Morgan fingerprint density at radius 3 is 2.13 bits per heavy atom. The van der Waals surface area contributed by atoms with Gasteiger partial charge in [-0.25, -0.2) is 0 Å². The van der Waals surface area contributed by atoms with Crippen LogP contribution in [0.2, 0.25) is 0 Å². The molecule has 0 bridgehead atoms. The Kier molecular flexibility index (Phi) is 8.70. The maximum atomic E-state index is 12.4. The van der Waals surface area contributed by atoms with Crippen LogP contribution in [-0.4, -0.2) is 54.2 Å². The minimum absolute atomic E-state index is 0.0214. The topological polar surface area (TPSA) is 113 Å². The molecule has 8 heteroatoms. The molecule has 5 unspecified atom stereocenters. The second kappa shape index (κ2) is 10.8. The van der Waals surface area contributed by atoms with Crippen LogP contribution < -0.4 is 0 Å². The van der Waals surface area contributed by atoms with E-state index in [-0.39, 0.29) is 92.5 Å². The van der Waals surface area contributed by atoms with Gasteiger partial charge in [-0.2, -0.15) is 0 Å². The molecular formula is C22H32O8. The summed E-state index contributed by atoms with van der Waals surface area (Å²) in [6, 6.07) is 0. The van der Waals surface area contributed by atoms with Gasteiger partial charge in [0.2, 0.25) is 6.10 Å². The summed E-state index contributed by atoms with van der Waals surface area (Å²) in [5, 5.41) is 0.